The minimum atomic E-state index is 0.847. The van der Waals surface area contributed by atoms with Crippen LogP contribution in [0.3, 0.4) is 0 Å². The highest BCUT2D eigenvalue weighted by molar-refractivity contribution is 5.56. The highest BCUT2D eigenvalue weighted by atomic mass is 14.9. The first-order valence-electron chi connectivity index (χ1n) is 4.99. The molecule has 0 unspecified atom stereocenters. The third-order valence-corrected chi connectivity index (χ3v) is 2.10. The van der Waals surface area contributed by atoms with E-state index in [0.29, 0.717) is 0 Å². The Bertz CT molecular complexity index is 316. The van der Waals surface area contributed by atoms with Gasteiger partial charge in [0.1, 0.15) is 0 Å². The molecule has 76 valence electrons. The van der Waals surface area contributed by atoms with Crippen LogP contribution in [0.25, 0.3) is 0 Å². The molecule has 0 fully saturated rings. The quantitative estimate of drug-likeness (QED) is 0.566. The second kappa shape index (κ2) is 5.32. The third kappa shape index (κ3) is 3.13. The van der Waals surface area contributed by atoms with Crippen LogP contribution in [-0.4, -0.2) is 6.54 Å². The van der Waals surface area contributed by atoms with Crippen LogP contribution in [0.4, 0.5) is 11.4 Å². The molecule has 0 aromatic heterocycles. The topological polar surface area (TPSA) is 38.0 Å². The van der Waals surface area contributed by atoms with E-state index in [1.54, 1.807) is 0 Å². The standard InChI is InChI=1S/C12H18N2/c1-3-4-5-8-14-11-6-7-12(13)10(2)9-11/h4-7,9,14H,3,8,13H2,1-2H3/b5-4+. The molecule has 0 spiro atoms. The van der Waals surface area contributed by atoms with Crippen LogP contribution in [-0.2, 0) is 0 Å². The zero-order chi connectivity index (χ0) is 10.4. The Labute approximate surface area is 85.8 Å². The van der Waals surface area contributed by atoms with Gasteiger partial charge in [0.25, 0.3) is 0 Å². The SMILES string of the molecule is CC/C=C/CNc1ccc(N)c(C)c1. The van der Waals surface area contributed by atoms with Crippen molar-refractivity contribution in [3.8, 4) is 0 Å². The van der Waals surface area contributed by atoms with Crippen molar-refractivity contribution >= 4 is 11.4 Å². The van der Waals surface area contributed by atoms with Crippen molar-refractivity contribution in [3.05, 3.63) is 35.9 Å². The maximum atomic E-state index is 5.72. The zero-order valence-corrected chi connectivity index (χ0v) is 8.88. The van der Waals surface area contributed by atoms with Crippen molar-refractivity contribution in [2.75, 3.05) is 17.6 Å². The average molecular weight is 190 g/mol. The van der Waals surface area contributed by atoms with Gasteiger partial charge in [0, 0.05) is 17.9 Å². The molecule has 14 heavy (non-hydrogen) atoms. The van der Waals surface area contributed by atoms with E-state index in [0.717, 1.165) is 29.9 Å². The lowest BCUT2D eigenvalue weighted by atomic mass is 10.2. The van der Waals surface area contributed by atoms with Crippen LogP contribution in [0.5, 0.6) is 0 Å². The Balaban J connectivity index is 2.51. The predicted octanol–water partition coefficient (Wildman–Crippen LogP) is 2.96. The number of aryl methyl sites for hydroxylation is 1. The first-order valence-corrected chi connectivity index (χ1v) is 4.99. The van der Waals surface area contributed by atoms with Gasteiger partial charge in [0.15, 0.2) is 0 Å². The maximum absolute atomic E-state index is 5.72. The van der Waals surface area contributed by atoms with Crippen LogP contribution in [0.15, 0.2) is 30.4 Å². The summed E-state index contributed by atoms with van der Waals surface area (Å²) in [6.07, 6.45) is 5.37. The molecular formula is C12H18N2. The van der Waals surface area contributed by atoms with E-state index in [4.69, 9.17) is 5.73 Å². The minimum absolute atomic E-state index is 0.847. The molecule has 0 heterocycles. The van der Waals surface area contributed by atoms with Gasteiger partial charge < -0.3 is 11.1 Å². The number of nitrogen functional groups attached to an aromatic ring is 1. The van der Waals surface area contributed by atoms with Gasteiger partial charge in [0.2, 0.25) is 0 Å². The number of nitrogens with two attached hydrogens (primary N) is 1. The second-order valence-corrected chi connectivity index (χ2v) is 3.33. The first kappa shape index (κ1) is 10.6. The molecule has 1 aromatic rings. The van der Waals surface area contributed by atoms with E-state index in [9.17, 15) is 0 Å². The Morgan fingerprint density at radius 1 is 1.36 bits per heavy atom. The molecule has 0 aliphatic rings. The molecule has 0 saturated carbocycles. The van der Waals surface area contributed by atoms with E-state index >= 15 is 0 Å². The Morgan fingerprint density at radius 2 is 2.14 bits per heavy atom. The van der Waals surface area contributed by atoms with Gasteiger partial charge in [-0.25, -0.2) is 0 Å². The largest absolute Gasteiger partial charge is 0.399 e. The van der Waals surface area contributed by atoms with E-state index in [1.807, 2.05) is 19.1 Å². The lowest BCUT2D eigenvalue weighted by Gasteiger charge is -2.06. The summed E-state index contributed by atoms with van der Waals surface area (Å²) in [7, 11) is 0. The summed E-state index contributed by atoms with van der Waals surface area (Å²) in [4.78, 5) is 0. The lowest BCUT2D eigenvalue weighted by Crippen LogP contribution is -1.99. The number of allylic oxidation sites excluding steroid dienone is 1. The molecule has 2 heteroatoms. The number of rotatable bonds is 4. The fourth-order valence-electron chi connectivity index (χ4n) is 1.21. The summed E-state index contributed by atoms with van der Waals surface area (Å²) in [5.74, 6) is 0. The molecule has 0 bridgehead atoms. The molecule has 1 aromatic carbocycles. The molecule has 2 nitrogen and oxygen atoms in total. The first-order chi connectivity index (χ1) is 6.74. The van der Waals surface area contributed by atoms with Crippen molar-refractivity contribution in [1.29, 1.82) is 0 Å². The van der Waals surface area contributed by atoms with Gasteiger partial charge >= 0.3 is 0 Å². The highest BCUT2D eigenvalue weighted by Gasteiger charge is 1.94. The summed E-state index contributed by atoms with van der Waals surface area (Å²) in [5.41, 5.74) is 8.81. The molecule has 0 aliphatic carbocycles. The summed E-state index contributed by atoms with van der Waals surface area (Å²) in [6, 6.07) is 6.00. The van der Waals surface area contributed by atoms with Gasteiger partial charge in [-0.05, 0) is 37.1 Å². The Kier molecular flexibility index (Phi) is 4.05. The molecule has 0 amide bonds. The summed E-state index contributed by atoms with van der Waals surface area (Å²) in [5, 5.41) is 3.31. The highest BCUT2D eigenvalue weighted by Crippen LogP contribution is 2.16. The van der Waals surface area contributed by atoms with Crippen LogP contribution < -0.4 is 11.1 Å². The molecule has 1 rings (SSSR count). The second-order valence-electron chi connectivity index (χ2n) is 3.33. The fraction of sp³-hybridized carbons (Fsp3) is 0.333. The van der Waals surface area contributed by atoms with Crippen LogP contribution >= 0.6 is 0 Å². The van der Waals surface area contributed by atoms with Crippen molar-refractivity contribution < 1.29 is 0 Å². The van der Waals surface area contributed by atoms with E-state index < -0.39 is 0 Å². The summed E-state index contributed by atoms with van der Waals surface area (Å²) in [6.45, 7) is 5.02. The molecule has 0 radical (unpaired) electrons. The Morgan fingerprint density at radius 3 is 2.79 bits per heavy atom. The monoisotopic (exact) mass is 190 g/mol. The van der Waals surface area contributed by atoms with Crippen molar-refractivity contribution in [3.63, 3.8) is 0 Å². The number of nitrogens with one attached hydrogen (secondary N) is 1. The number of hydrogen-bond acceptors (Lipinski definition) is 2. The fourth-order valence-corrected chi connectivity index (χ4v) is 1.21. The third-order valence-electron chi connectivity index (χ3n) is 2.10. The van der Waals surface area contributed by atoms with Gasteiger partial charge in [-0.2, -0.15) is 0 Å². The van der Waals surface area contributed by atoms with Crippen LogP contribution in [0.1, 0.15) is 18.9 Å². The van der Waals surface area contributed by atoms with Gasteiger partial charge in [-0.15, -0.1) is 0 Å². The number of benzene rings is 1. The average Bonchev–Trinajstić information content (AvgIpc) is 2.18. The number of hydrogen-bond donors (Lipinski definition) is 2. The van der Waals surface area contributed by atoms with Crippen molar-refractivity contribution in [2.24, 2.45) is 0 Å². The van der Waals surface area contributed by atoms with E-state index in [1.165, 1.54) is 0 Å². The molecule has 3 N–H and O–H groups in total. The normalized spacial score (nSPS) is 10.7. The van der Waals surface area contributed by atoms with Gasteiger partial charge in [0.05, 0.1) is 0 Å². The molecule has 0 saturated heterocycles. The summed E-state index contributed by atoms with van der Waals surface area (Å²) < 4.78 is 0. The van der Waals surface area contributed by atoms with Gasteiger partial charge in [-0.1, -0.05) is 19.1 Å². The van der Waals surface area contributed by atoms with Crippen molar-refractivity contribution in [1.82, 2.24) is 0 Å². The predicted molar refractivity (Wildman–Crippen MR) is 63.5 cm³/mol. The lowest BCUT2D eigenvalue weighted by molar-refractivity contribution is 1.20. The Hall–Kier alpha value is -1.44. The van der Waals surface area contributed by atoms with Crippen LogP contribution in [0, 0.1) is 6.92 Å². The van der Waals surface area contributed by atoms with Crippen LogP contribution in [0.2, 0.25) is 0 Å². The molecule has 0 aliphatic heterocycles. The molecular weight excluding hydrogens is 172 g/mol. The zero-order valence-electron chi connectivity index (χ0n) is 8.88. The smallest absolute Gasteiger partial charge is 0.0346 e. The van der Waals surface area contributed by atoms with Gasteiger partial charge in [-0.3, -0.25) is 0 Å². The van der Waals surface area contributed by atoms with Crippen molar-refractivity contribution in [2.45, 2.75) is 20.3 Å². The van der Waals surface area contributed by atoms with E-state index in [-0.39, 0.29) is 0 Å². The minimum Gasteiger partial charge on any atom is -0.399 e. The van der Waals surface area contributed by atoms with E-state index in [2.05, 4.69) is 30.5 Å². The number of anilines is 2. The summed E-state index contributed by atoms with van der Waals surface area (Å²) >= 11 is 0. The molecule has 0 atom stereocenters. The maximum Gasteiger partial charge on any atom is 0.0346 e.